The van der Waals surface area contributed by atoms with Crippen LogP contribution in [0.25, 0.3) is 11.0 Å². The molecule has 4 rings (SSSR count). The molecule has 0 aliphatic carbocycles. The summed E-state index contributed by atoms with van der Waals surface area (Å²) in [4.78, 5) is 13.6. The van der Waals surface area contributed by atoms with E-state index in [1.54, 1.807) is 0 Å². The smallest absolute Gasteiger partial charge is 0.430 e. The highest BCUT2D eigenvalue weighted by molar-refractivity contribution is 6.30. The Hall–Kier alpha value is -2.78. The van der Waals surface area contributed by atoms with Gasteiger partial charge in [-0.1, -0.05) is 23.7 Å². The summed E-state index contributed by atoms with van der Waals surface area (Å²) in [5.41, 5.74) is 2.24. The van der Waals surface area contributed by atoms with E-state index in [-0.39, 0.29) is 0 Å². The van der Waals surface area contributed by atoms with Crippen molar-refractivity contribution in [3.05, 3.63) is 59.4 Å². The number of imidazole rings is 1. The van der Waals surface area contributed by atoms with Crippen LogP contribution in [0.3, 0.4) is 0 Å². The first kappa shape index (κ1) is 24.9. The van der Waals surface area contributed by atoms with Gasteiger partial charge in [0.05, 0.1) is 24.1 Å². The van der Waals surface area contributed by atoms with Crippen molar-refractivity contribution in [2.75, 3.05) is 13.1 Å². The van der Waals surface area contributed by atoms with Crippen LogP contribution in [-0.2, 0) is 17.9 Å². The normalized spacial score (nSPS) is 14.5. The summed E-state index contributed by atoms with van der Waals surface area (Å²) >= 11 is 5.95. The molecule has 1 aliphatic heterocycles. The quantitative estimate of drug-likeness (QED) is 0.584. The second-order valence-corrected chi connectivity index (χ2v) is 8.23. The fraction of sp³-hybridized carbons (Fsp3) is 0.391. The molecule has 0 bridgehead atoms. The first-order valence-electron chi connectivity index (χ1n) is 10.7. The van der Waals surface area contributed by atoms with Crippen molar-refractivity contribution in [2.24, 2.45) is 5.92 Å². The zero-order valence-corrected chi connectivity index (χ0v) is 18.6. The molecule has 1 aliphatic rings. The van der Waals surface area contributed by atoms with E-state index >= 15 is 0 Å². The fourth-order valence-corrected chi connectivity index (χ4v) is 3.89. The number of fused-ring (bicyclic) bond motifs is 1. The number of benzene rings is 2. The third kappa shape index (κ3) is 7.36. The largest absolute Gasteiger partial charge is 0.542 e. The Balaban J connectivity index is 0.000000383. The number of ether oxygens (including phenoxy) is 1. The molecular formula is C23H25ClF3N3O3. The molecule has 0 atom stereocenters. The average molecular weight is 484 g/mol. The van der Waals surface area contributed by atoms with Crippen LogP contribution in [0.15, 0.2) is 48.5 Å². The second kappa shape index (κ2) is 11.4. The van der Waals surface area contributed by atoms with Gasteiger partial charge in [-0.2, -0.15) is 13.2 Å². The Kier molecular flexibility index (Phi) is 8.57. The molecule has 178 valence electrons. The van der Waals surface area contributed by atoms with Crippen LogP contribution in [0, 0.1) is 5.92 Å². The number of hydrogen-bond donors (Lipinski definition) is 1. The minimum Gasteiger partial charge on any atom is -0.542 e. The number of carbonyl (C=O) groups excluding carboxylic acids is 1. The number of carboxylic acids is 1. The van der Waals surface area contributed by atoms with E-state index in [4.69, 9.17) is 31.2 Å². The maximum Gasteiger partial charge on any atom is 0.430 e. The number of piperidine rings is 1. The zero-order chi connectivity index (χ0) is 23.8. The van der Waals surface area contributed by atoms with Crippen molar-refractivity contribution in [2.45, 2.75) is 38.6 Å². The number of rotatable bonds is 6. The van der Waals surface area contributed by atoms with Crippen molar-refractivity contribution in [3.8, 4) is 5.75 Å². The Labute approximate surface area is 194 Å². The third-order valence-corrected chi connectivity index (χ3v) is 5.72. The van der Waals surface area contributed by atoms with Gasteiger partial charge in [-0.3, -0.25) is 0 Å². The lowest BCUT2D eigenvalue weighted by Crippen LogP contribution is -2.86. The van der Waals surface area contributed by atoms with E-state index < -0.39 is 12.1 Å². The number of carbonyl (C=O) groups is 1. The standard InChI is InChI=1S/C21H24ClN3O.C2HF3O2/c22-17-5-7-18(8-6-17)26-15-21-24-19-3-1-2-4-20(19)25(21)14-11-16-9-12-23-13-10-16;3-2(4,5)1(6)7/h1-8,16,23H,9-15H2;(H,6,7). The van der Waals surface area contributed by atoms with E-state index in [9.17, 15) is 13.2 Å². The lowest BCUT2D eigenvalue weighted by molar-refractivity contribution is -0.664. The second-order valence-electron chi connectivity index (χ2n) is 7.79. The van der Waals surface area contributed by atoms with Crippen molar-refractivity contribution in [3.63, 3.8) is 0 Å². The maximum absolute atomic E-state index is 10.5. The molecule has 6 nitrogen and oxygen atoms in total. The van der Waals surface area contributed by atoms with Gasteiger partial charge in [0, 0.05) is 11.6 Å². The highest BCUT2D eigenvalue weighted by Crippen LogP contribution is 2.22. The van der Waals surface area contributed by atoms with Crippen LogP contribution in [0.1, 0.15) is 25.1 Å². The van der Waals surface area contributed by atoms with Gasteiger partial charge in [0.15, 0.2) is 0 Å². The number of quaternary nitrogens is 1. The maximum atomic E-state index is 10.5. The van der Waals surface area contributed by atoms with E-state index in [0.717, 1.165) is 29.6 Å². The first-order valence-corrected chi connectivity index (χ1v) is 11.0. The molecule has 10 heteroatoms. The van der Waals surface area contributed by atoms with E-state index in [0.29, 0.717) is 11.6 Å². The number of alkyl halides is 3. The van der Waals surface area contributed by atoms with Gasteiger partial charge in [0.2, 0.25) is 0 Å². The Morgan fingerprint density at radius 1 is 1.15 bits per heavy atom. The summed E-state index contributed by atoms with van der Waals surface area (Å²) in [5.74, 6) is -0.377. The first-order chi connectivity index (χ1) is 15.7. The molecule has 0 saturated carbocycles. The predicted molar refractivity (Wildman–Crippen MR) is 116 cm³/mol. The zero-order valence-electron chi connectivity index (χ0n) is 17.9. The molecule has 1 aromatic heterocycles. The number of nitrogens with zero attached hydrogens (tertiary/aromatic N) is 2. The number of aromatic nitrogens is 2. The Bertz CT molecular complexity index is 1050. The van der Waals surface area contributed by atoms with Crippen molar-refractivity contribution < 1.29 is 33.1 Å². The molecule has 2 aromatic carbocycles. The predicted octanol–water partition coefficient (Wildman–Crippen LogP) is 2.93. The van der Waals surface area contributed by atoms with Gasteiger partial charge in [0.25, 0.3) is 0 Å². The molecule has 3 aromatic rings. The van der Waals surface area contributed by atoms with Gasteiger partial charge in [0.1, 0.15) is 24.2 Å². The Morgan fingerprint density at radius 3 is 2.42 bits per heavy atom. The van der Waals surface area contributed by atoms with Crippen LogP contribution in [0.2, 0.25) is 5.02 Å². The van der Waals surface area contributed by atoms with Crippen molar-refractivity contribution in [1.29, 1.82) is 0 Å². The van der Waals surface area contributed by atoms with Crippen LogP contribution >= 0.6 is 11.6 Å². The number of hydrogen-bond acceptors (Lipinski definition) is 4. The molecule has 0 unspecified atom stereocenters. The highest BCUT2D eigenvalue weighted by atomic mass is 35.5. The monoisotopic (exact) mass is 483 g/mol. The summed E-state index contributed by atoms with van der Waals surface area (Å²) in [6.07, 6.45) is -1.34. The SMILES string of the molecule is Clc1ccc(OCc2nc3ccccc3n2CCC2CC[NH2+]CC2)cc1.O=C([O-])C(F)(F)F. The molecule has 2 heterocycles. The minimum absolute atomic E-state index is 0.467. The van der Waals surface area contributed by atoms with Gasteiger partial charge in [-0.15, -0.1) is 0 Å². The van der Waals surface area contributed by atoms with Gasteiger partial charge >= 0.3 is 6.18 Å². The van der Waals surface area contributed by atoms with Gasteiger partial charge in [-0.05, 0) is 61.6 Å². The number of para-hydroxylation sites is 2. The van der Waals surface area contributed by atoms with Crippen LogP contribution in [-0.4, -0.2) is 34.8 Å². The highest BCUT2D eigenvalue weighted by Gasteiger charge is 2.28. The van der Waals surface area contributed by atoms with E-state index in [1.807, 2.05) is 30.3 Å². The summed E-state index contributed by atoms with van der Waals surface area (Å²) in [6, 6.07) is 15.8. The van der Waals surface area contributed by atoms with Crippen molar-refractivity contribution >= 4 is 28.6 Å². The molecular weight excluding hydrogens is 459 g/mol. The molecule has 1 fully saturated rings. The molecule has 0 amide bonds. The number of aliphatic carboxylic acids is 1. The third-order valence-electron chi connectivity index (χ3n) is 5.47. The average Bonchev–Trinajstić information content (AvgIpc) is 3.15. The van der Waals surface area contributed by atoms with E-state index in [1.165, 1.54) is 37.9 Å². The van der Waals surface area contributed by atoms with E-state index in [2.05, 4.69) is 28.1 Å². The molecule has 33 heavy (non-hydrogen) atoms. The lowest BCUT2D eigenvalue weighted by atomic mass is 9.95. The Morgan fingerprint density at radius 2 is 1.79 bits per heavy atom. The summed E-state index contributed by atoms with van der Waals surface area (Å²) in [5, 5.41) is 11.9. The number of halogens is 4. The van der Waals surface area contributed by atoms with Crippen LogP contribution in [0.4, 0.5) is 13.2 Å². The van der Waals surface area contributed by atoms with Crippen LogP contribution < -0.4 is 15.2 Å². The number of aryl methyl sites for hydroxylation is 1. The summed E-state index contributed by atoms with van der Waals surface area (Å²) < 4.78 is 39.8. The number of nitrogens with two attached hydrogens (primary N) is 1. The molecule has 0 spiro atoms. The minimum atomic E-state index is -5.19. The molecule has 0 radical (unpaired) electrons. The summed E-state index contributed by atoms with van der Waals surface area (Å²) in [7, 11) is 0. The van der Waals surface area contributed by atoms with Crippen molar-refractivity contribution in [1.82, 2.24) is 9.55 Å². The van der Waals surface area contributed by atoms with Gasteiger partial charge < -0.3 is 24.5 Å². The van der Waals surface area contributed by atoms with Crippen LogP contribution in [0.5, 0.6) is 5.75 Å². The summed E-state index contributed by atoms with van der Waals surface area (Å²) in [6.45, 7) is 4.00. The number of carboxylic acid groups (broad SMARTS) is 1. The fourth-order valence-electron chi connectivity index (χ4n) is 3.76. The lowest BCUT2D eigenvalue weighted by Gasteiger charge is -2.21. The van der Waals surface area contributed by atoms with Gasteiger partial charge in [-0.25, -0.2) is 4.98 Å². The topological polar surface area (TPSA) is 83.8 Å². The molecule has 2 N–H and O–H groups in total. The molecule has 1 saturated heterocycles.